The second-order valence-electron chi connectivity index (χ2n) is 16.7. The summed E-state index contributed by atoms with van der Waals surface area (Å²) >= 11 is 0. The summed E-state index contributed by atoms with van der Waals surface area (Å²) in [5.41, 5.74) is 17.9. The lowest BCUT2D eigenvalue weighted by molar-refractivity contribution is 0.660. The maximum Gasteiger partial charge on any atom is 0.138 e. The fourth-order valence-electron chi connectivity index (χ4n) is 9.95. The molecular formula is C57H41N3O. The first kappa shape index (κ1) is 35.3. The van der Waals surface area contributed by atoms with Crippen molar-refractivity contribution in [1.29, 1.82) is 0 Å². The molecule has 2 aromatic heterocycles. The molecule has 0 saturated heterocycles. The molecule has 0 amide bonds. The molecule has 0 atom stereocenters. The molecular weight excluding hydrogens is 743 g/mol. The molecule has 3 heterocycles. The zero-order chi connectivity index (χ0) is 40.7. The Kier molecular flexibility index (Phi) is 7.91. The van der Waals surface area contributed by atoms with Gasteiger partial charge in [0.25, 0.3) is 0 Å². The van der Waals surface area contributed by atoms with E-state index in [4.69, 9.17) is 9.41 Å². The fourth-order valence-corrected chi connectivity index (χ4v) is 9.95. The van der Waals surface area contributed by atoms with Crippen LogP contribution in [0.4, 0.5) is 0 Å². The van der Waals surface area contributed by atoms with Crippen LogP contribution in [-0.4, -0.2) is 10.4 Å². The van der Waals surface area contributed by atoms with E-state index in [0.717, 1.165) is 72.7 Å². The predicted molar refractivity (Wildman–Crippen MR) is 254 cm³/mol. The Morgan fingerprint density at radius 2 is 1.20 bits per heavy atom. The highest BCUT2D eigenvalue weighted by Crippen LogP contribution is 2.51. The number of nitrogens with zero attached hydrogens (tertiary/aromatic N) is 2. The molecule has 12 rings (SSSR count). The van der Waals surface area contributed by atoms with E-state index in [1.165, 1.54) is 44.1 Å². The first-order valence-electron chi connectivity index (χ1n) is 21.1. The van der Waals surface area contributed by atoms with Crippen molar-refractivity contribution in [3.05, 3.63) is 222 Å². The first-order chi connectivity index (χ1) is 30.0. The summed E-state index contributed by atoms with van der Waals surface area (Å²) < 4.78 is 8.95. The normalized spacial score (nSPS) is 15.4. The number of benzene rings is 8. The molecule has 0 radical (unpaired) electrons. The second-order valence-corrected chi connectivity index (χ2v) is 16.7. The van der Waals surface area contributed by atoms with Crippen LogP contribution in [0.3, 0.4) is 0 Å². The molecule has 290 valence electrons. The van der Waals surface area contributed by atoms with E-state index in [9.17, 15) is 0 Å². The maximum atomic E-state index is 6.58. The number of hydrogen-bond acceptors (Lipinski definition) is 3. The Morgan fingerprint density at radius 1 is 0.525 bits per heavy atom. The highest BCUT2D eigenvalue weighted by Gasteiger charge is 2.37. The van der Waals surface area contributed by atoms with Crippen molar-refractivity contribution in [3.63, 3.8) is 0 Å². The minimum atomic E-state index is -0.0944. The van der Waals surface area contributed by atoms with E-state index in [1.807, 2.05) is 0 Å². The van der Waals surface area contributed by atoms with E-state index in [-0.39, 0.29) is 5.41 Å². The zero-order valence-corrected chi connectivity index (χ0v) is 34.0. The summed E-state index contributed by atoms with van der Waals surface area (Å²) in [5, 5.41) is 8.49. The number of aromatic nitrogens is 1. The fraction of sp³-hybridized carbons (Fsp3) is 0.0702. The molecule has 1 N–H and O–H groups in total. The van der Waals surface area contributed by atoms with Gasteiger partial charge in [-0.1, -0.05) is 159 Å². The number of rotatable bonds is 5. The minimum Gasteiger partial charge on any atom is -0.456 e. The quantitative estimate of drug-likeness (QED) is 0.189. The number of furan rings is 1. The first-order valence-corrected chi connectivity index (χ1v) is 21.1. The van der Waals surface area contributed by atoms with Crippen LogP contribution in [0.2, 0.25) is 0 Å². The molecule has 1 aliphatic heterocycles. The van der Waals surface area contributed by atoms with E-state index >= 15 is 0 Å². The van der Waals surface area contributed by atoms with Crippen molar-refractivity contribution in [3.8, 4) is 27.9 Å². The van der Waals surface area contributed by atoms with Crippen LogP contribution >= 0.6 is 0 Å². The highest BCUT2D eigenvalue weighted by molar-refractivity contribution is 6.15. The van der Waals surface area contributed by atoms with Crippen LogP contribution in [0.5, 0.6) is 0 Å². The van der Waals surface area contributed by atoms with Crippen molar-refractivity contribution < 1.29 is 4.42 Å². The summed E-state index contributed by atoms with van der Waals surface area (Å²) in [7, 11) is 0. The largest absolute Gasteiger partial charge is 0.456 e. The van der Waals surface area contributed by atoms with Crippen molar-refractivity contribution >= 4 is 61.0 Å². The summed E-state index contributed by atoms with van der Waals surface area (Å²) in [4.78, 5) is 5.50. The van der Waals surface area contributed by atoms with Gasteiger partial charge in [0.15, 0.2) is 0 Å². The molecule has 4 heteroatoms. The van der Waals surface area contributed by atoms with Crippen molar-refractivity contribution in [2.24, 2.45) is 4.99 Å². The van der Waals surface area contributed by atoms with Gasteiger partial charge in [0.05, 0.1) is 16.7 Å². The Balaban J connectivity index is 0.987. The summed E-state index contributed by atoms with van der Waals surface area (Å²) in [6, 6.07) is 65.1. The Labute approximate surface area is 354 Å². The minimum absolute atomic E-state index is 0.0944. The van der Waals surface area contributed by atoms with E-state index < -0.39 is 0 Å². The number of amidine groups is 1. The summed E-state index contributed by atoms with van der Waals surface area (Å²) in [5.74, 6) is 0.800. The topological polar surface area (TPSA) is 42.5 Å². The van der Waals surface area contributed by atoms with E-state index in [2.05, 4.69) is 218 Å². The number of allylic oxidation sites excluding steroid dienone is 2. The number of hydrogen-bond donors (Lipinski definition) is 1. The van der Waals surface area contributed by atoms with E-state index in [0.29, 0.717) is 6.42 Å². The SMILES string of the molecule is CC1(C)c2ccccc2-c2c(/C3=C/CC=C(c4cccc5oc6ccc(-c7ccc8c(c7)c7ccccc7n8-c7ccccc7)cc6c45)NC(c4ccccc4)=N3)cccc21. The number of aliphatic imine (C=N–C) groups is 1. The lowest BCUT2D eigenvalue weighted by Gasteiger charge is -2.22. The van der Waals surface area contributed by atoms with Gasteiger partial charge in [-0.25, -0.2) is 4.99 Å². The predicted octanol–water partition coefficient (Wildman–Crippen LogP) is 14.5. The van der Waals surface area contributed by atoms with Gasteiger partial charge in [0.2, 0.25) is 0 Å². The third kappa shape index (κ3) is 5.56. The Morgan fingerprint density at radius 3 is 2.07 bits per heavy atom. The zero-order valence-electron chi connectivity index (χ0n) is 34.0. The molecule has 0 unspecified atom stereocenters. The Hall–Kier alpha value is -7.69. The molecule has 8 aromatic carbocycles. The van der Waals surface area contributed by atoms with Crippen molar-refractivity contribution in [1.82, 2.24) is 9.88 Å². The summed E-state index contributed by atoms with van der Waals surface area (Å²) in [6.45, 7) is 4.66. The molecule has 0 fully saturated rings. The van der Waals surface area contributed by atoms with Gasteiger partial charge in [-0.3, -0.25) is 0 Å². The van der Waals surface area contributed by atoms with Gasteiger partial charge in [0, 0.05) is 55.0 Å². The lowest BCUT2D eigenvalue weighted by Crippen LogP contribution is -2.24. The average Bonchev–Trinajstić information content (AvgIpc) is 3.92. The van der Waals surface area contributed by atoms with Crippen LogP contribution in [0.15, 0.2) is 204 Å². The molecule has 0 saturated carbocycles. The number of nitrogens with one attached hydrogen (secondary N) is 1. The molecule has 0 spiro atoms. The molecule has 2 aliphatic rings. The van der Waals surface area contributed by atoms with Gasteiger partial charge >= 0.3 is 0 Å². The van der Waals surface area contributed by atoms with Gasteiger partial charge in [0.1, 0.15) is 17.0 Å². The van der Waals surface area contributed by atoms with Crippen LogP contribution in [0.25, 0.3) is 83.1 Å². The van der Waals surface area contributed by atoms with E-state index in [1.54, 1.807) is 0 Å². The number of fused-ring (bicyclic) bond motifs is 9. The van der Waals surface area contributed by atoms with Crippen molar-refractivity contribution in [2.75, 3.05) is 0 Å². The molecule has 4 nitrogen and oxygen atoms in total. The van der Waals surface area contributed by atoms with Crippen molar-refractivity contribution in [2.45, 2.75) is 25.7 Å². The van der Waals surface area contributed by atoms with Gasteiger partial charge in [-0.05, 0) is 88.3 Å². The van der Waals surface area contributed by atoms with Crippen LogP contribution < -0.4 is 5.32 Å². The highest BCUT2D eigenvalue weighted by atomic mass is 16.3. The molecule has 61 heavy (non-hydrogen) atoms. The van der Waals surface area contributed by atoms with Crippen LogP contribution in [0.1, 0.15) is 48.1 Å². The third-order valence-corrected chi connectivity index (χ3v) is 12.9. The standard InChI is InChI=1S/C57H41N3O/c1-57(2)46-24-11-9-21-41(46)54-42(22-13-25-47(54)57)48-26-15-27-49(59-56(58-48)36-16-5-3-6-17-36)43-23-14-29-53-55(43)45-35-38(31-33-52(45)61-53)37-30-32-51-44(34-37)40-20-10-12-28-50(40)60(51)39-18-7-4-8-19-39/h3-14,16-35H,15H2,1-2H3,(H,58,59)/b48-26-,49-27?. The molecule has 1 aliphatic carbocycles. The smallest absolute Gasteiger partial charge is 0.138 e. The van der Waals surface area contributed by atoms with Gasteiger partial charge in [-0.15, -0.1) is 0 Å². The lowest BCUT2D eigenvalue weighted by atomic mass is 9.82. The third-order valence-electron chi connectivity index (χ3n) is 12.9. The molecule has 10 aromatic rings. The van der Waals surface area contributed by atoms with Crippen LogP contribution in [-0.2, 0) is 5.41 Å². The monoisotopic (exact) mass is 783 g/mol. The van der Waals surface area contributed by atoms with Gasteiger partial charge < -0.3 is 14.3 Å². The maximum absolute atomic E-state index is 6.58. The molecule has 0 bridgehead atoms. The second kappa shape index (κ2) is 13.7. The summed E-state index contributed by atoms with van der Waals surface area (Å²) in [6.07, 6.45) is 5.28. The Bertz CT molecular complexity index is 3490. The number of para-hydroxylation sites is 2. The van der Waals surface area contributed by atoms with Crippen LogP contribution in [0, 0.1) is 0 Å². The van der Waals surface area contributed by atoms with Gasteiger partial charge in [-0.2, -0.15) is 0 Å². The average molecular weight is 784 g/mol.